The Morgan fingerprint density at radius 2 is 2.15 bits per heavy atom. The van der Waals surface area contributed by atoms with Gasteiger partial charge in [0.25, 0.3) is 0 Å². The van der Waals surface area contributed by atoms with Gasteiger partial charge in [-0.1, -0.05) is 12.1 Å². The van der Waals surface area contributed by atoms with E-state index in [0.29, 0.717) is 12.5 Å². The van der Waals surface area contributed by atoms with E-state index in [0.717, 1.165) is 24.4 Å². The van der Waals surface area contributed by atoms with Crippen LogP contribution >= 0.6 is 0 Å². The lowest BCUT2D eigenvalue weighted by Crippen LogP contribution is -2.38. The number of benzene rings is 1. The third-order valence-corrected chi connectivity index (χ3v) is 3.99. The minimum absolute atomic E-state index is 0.456. The number of nitrogens with zero attached hydrogens (tertiary/aromatic N) is 1. The molecule has 0 bridgehead atoms. The van der Waals surface area contributed by atoms with Gasteiger partial charge in [0.2, 0.25) is 0 Å². The van der Waals surface area contributed by atoms with Gasteiger partial charge in [-0.05, 0) is 56.6 Å². The van der Waals surface area contributed by atoms with Crippen LogP contribution in [-0.2, 0) is 0 Å². The molecule has 0 radical (unpaired) electrons. The molecule has 2 N–H and O–H groups in total. The normalized spacial score (nSPS) is 21.6. The molecule has 112 valence electrons. The minimum atomic E-state index is -0.456. The first-order valence-corrected chi connectivity index (χ1v) is 7.40. The largest absolute Gasteiger partial charge is 0.497 e. The second-order valence-corrected chi connectivity index (χ2v) is 5.72. The Morgan fingerprint density at radius 1 is 1.40 bits per heavy atom. The topological polar surface area (TPSA) is 44.7 Å². The highest BCUT2D eigenvalue weighted by molar-refractivity contribution is 5.28. The molecule has 4 nitrogen and oxygen atoms in total. The summed E-state index contributed by atoms with van der Waals surface area (Å²) in [6.45, 7) is 3.96. The molecule has 1 aromatic carbocycles. The van der Waals surface area contributed by atoms with Crippen LogP contribution in [0.5, 0.6) is 5.75 Å². The second kappa shape index (κ2) is 7.62. The van der Waals surface area contributed by atoms with Gasteiger partial charge in [-0.2, -0.15) is 0 Å². The van der Waals surface area contributed by atoms with Gasteiger partial charge < -0.3 is 20.1 Å². The summed E-state index contributed by atoms with van der Waals surface area (Å²) in [6, 6.07) is 7.60. The number of aliphatic hydroxyl groups is 1. The Kier molecular flexibility index (Phi) is 5.83. The van der Waals surface area contributed by atoms with E-state index in [4.69, 9.17) is 4.74 Å². The summed E-state index contributed by atoms with van der Waals surface area (Å²) in [7, 11) is 3.83. The maximum absolute atomic E-state index is 10.2. The molecule has 1 aliphatic heterocycles. The Labute approximate surface area is 121 Å². The highest BCUT2D eigenvalue weighted by atomic mass is 16.5. The lowest BCUT2D eigenvalue weighted by atomic mass is 9.98. The lowest BCUT2D eigenvalue weighted by Gasteiger charge is -2.30. The summed E-state index contributed by atoms with van der Waals surface area (Å²) in [5.41, 5.74) is 0.930. The predicted octanol–water partition coefficient (Wildman–Crippen LogP) is 1.66. The fourth-order valence-corrected chi connectivity index (χ4v) is 2.81. The number of nitrogens with one attached hydrogen (secondary N) is 1. The van der Waals surface area contributed by atoms with E-state index >= 15 is 0 Å². The highest BCUT2D eigenvalue weighted by Crippen LogP contribution is 2.18. The Balaban J connectivity index is 1.72. The maximum atomic E-state index is 10.2. The summed E-state index contributed by atoms with van der Waals surface area (Å²) >= 11 is 0. The van der Waals surface area contributed by atoms with Crippen molar-refractivity contribution in [2.75, 3.05) is 40.3 Å². The number of aliphatic hydroxyl groups excluding tert-OH is 1. The zero-order valence-electron chi connectivity index (χ0n) is 12.5. The molecule has 0 aromatic heterocycles. The van der Waals surface area contributed by atoms with Gasteiger partial charge in [-0.15, -0.1) is 0 Å². The van der Waals surface area contributed by atoms with Crippen LogP contribution in [0.2, 0.25) is 0 Å². The molecule has 4 heteroatoms. The highest BCUT2D eigenvalue weighted by Gasteiger charge is 2.17. The number of hydrogen-bond acceptors (Lipinski definition) is 4. The molecule has 1 aromatic rings. The van der Waals surface area contributed by atoms with E-state index in [1.165, 1.54) is 19.4 Å². The number of likely N-dealkylation sites (tertiary alicyclic amines) is 1. The van der Waals surface area contributed by atoms with Crippen LogP contribution in [0.3, 0.4) is 0 Å². The second-order valence-electron chi connectivity index (χ2n) is 5.72. The van der Waals surface area contributed by atoms with Crippen molar-refractivity contribution in [3.8, 4) is 5.75 Å². The van der Waals surface area contributed by atoms with Gasteiger partial charge in [0.15, 0.2) is 0 Å². The average molecular weight is 278 g/mol. The number of hydrogen-bond donors (Lipinski definition) is 2. The van der Waals surface area contributed by atoms with Crippen LogP contribution in [-0.4, -0.2) is 50.3 Å². The van der Waals surface area contributed by atoms with Crippen molar-refractivity contribution in [3.05, 3.63) is 29.8 Å². The number of methoxy groups -OCH3 is 1. The molecular formula is C16H26N2O2. The van der Waals surface area contributed by atoms with Gasteiger partial charge in [0.1, 0.15) is 5.75 Å². The lowest BCUT2D eigenvalue weighted by molar-refractivity contribution is 0.163. The van der Waals surface area contributed by atoms with E-state index in [1.807, 2.05) is 24.3 Å². The number of piperidine rings is 1. The Hall–Kier alpha value is -1.10. The smallest absolute Gasteiger partial charge is 0.118 e. The summed E-state index contributed by atoms with van der Waals surface area (Å²) in [4.78, 5) is 2.38. The van der Waals surface area contributed by atoms with Crippen molar-refractivity contribution in [1.82, 2.24) is 10.2 Å². The quantitative estimate of drug-likeness (QED) is 0.831. The van der Waals surface area contributed by atoms with Crippen molar-refractivity contribution < 1.29 is 9.84 Å². The van der Waals surface area contributed by atoms with Gasteiger partial charge in [-0.3, -0.25) is 0 Å². The van der Waals surface area contributed by atoms with Crippen molar-refractivity contribution in [2.24, 2.45) is 5.92 Å². The summed E-state index contributed by atoms with van der Waals surface area (Å²) in [5.74, 6) is 1.52. The van der Waals surface area contributed by atoms with Crippen LogP contribution in [0, 0.1) is 5.92 Å². The molecule has 0 spiro atoms. The predicted molar refractivity (Wildman–Crippen MR) is 81.0 cm³/mol. The van der Waals surface area contributed by atoms with Crippen LogP contribution in [0.1, 0.15) is 24.5 Å². The third kappa shape index (κ3) is 4.47. The molecule has 0 saturated carbocycles. The third-order valence-electron chi connectivity index (χ3n) is 3.99. The van der Waals surface area contributed by atoms with Crippen LogP contribution in [0.15, 0.2) is 24.3 Å². The van der Waals surface area contributed by atoms with Crippen molar-refractivity contribution >= 4 is 0 Å². The van der Waals surface area contributed by atoms with E-state index < -0.39 is 6.10 Å². The van der Waals surface area contributed by atoms with E-state index in [9.17, 15) is 5.11 Å². The average Bonchev–Trinajstić information content (AvgIpc) is 2.47. The van der Waals surface area contributed by atoms with E-state index in [1.54, 1.807) is 7.11 Å². The fraction of sp³-hybridized carbons (Fsp3) is 0.625. The van der Waals surface area contributed by atoms with Crippen LogP contribution < -0.4 is 10.1 Å². The Bertz CT molecular complexity index is 394. The van der Waals surface area contributed by atoms with Crippen LogP contribution in [0.25, 0.3) is 0 Å². The first kappa shape index (κ1) is 15.3. The molecule has 20 heavy (non-hydrogen) atoms. The molecule has 2 rings (SSSR count). The van der Waals surface area contributed by atoms with Crippen molar-refractivity contribution in [3.63, 3.8) is 0 Å². The molecule has 2 unspecified atom stereocenters. The molecule has 1 saturated heterocycles. The molecule has 1 heterocycles. The van der Waals surface area contributed by atoms with E-state index in [-0.39, 0.29) is 0 Å². The monoisotopic (exact) mass is 278 g/mol. The molecule has 0 aliphatic carbocycles. The van der Waals surface area contributed by atoms with Gasteiger partial charge >= 0.3 is 0 Å². The van der Waals surface area contributed by atoms with Crippen LogP contribution in [0.4, 0.5) is 0 Å². The minimum Gasteiger partial charge on any atom is -0.497 e. The molecule has 1 fully saturated rings. The zero-order chi connectivity index (χ0) is 14.4. The van der Waals surface area contributed by atoms with Gasteiger partial charge in [-0.25, -0.2) is 0 Å². The maximum Gasteiger partial charge on any atom is 0.118 e. The molecule has 1 aliphatic rings. The molecule has 2 atom stereocenters. The van der Waals surface area contributed by atoms with E-state index in [2.05, 4.69) is 17.3 Å². The first-order valence-electron chi connectivity index (χ1n) is 7.40. The summed E-state index contributed by atoms with van der Waals surface area (Å²) in [6.07, 6.45) is 2.11. The summed E-state index contributed by atoms with van der Waals surface area (Å²) in [5, 5.41) is 13.5. The standard InChI is InChI=1S/C16H26N2O2/c1-18-9-3-4-13(12-18)10-17-11-16(19)14-5-7-15(20-2)8-6-14/h5-8,13,16-17,19H,3-4,9-12H2,1-2H3. The number of ether oxygens (including phenoxy) is 1. The van der Waals surface area contributed by atoms with Gasteiger partial charge in [0, 0.05) is 13.1 Å². The summed E-state index contributed by atoms with van der Waals surface area (Å²) < 4.78 is 5.12. The first-order chi connectivity index (χ1) is 9.69. The fourth-order valence-electron chi connectivity index (χ4n) is 2.81. The van der Waals surface area contributed by atoms with Gasteiger partial charge in [0.05, 0.1) is 13.2 Å². The van der Waals surface area contributed by atoms with Crippen molar-refractivity contribution in [1.29, 1.82) is 0 Å². The zero-order valence-corrected chi connectivity index (χ0v) is 12.5. The van der Waals surface area contributed by atoms with Crippen molar-refractivity contribution in [2.45, 2.75) is 18.9 Å². The molecular weight excluding hydrogens is 252 g/mol. The number of rotatable bonds is 6. The molecule has 0 amide bonds. The Morgan fingerprint density at radius 3 is 2.80 bits per heavy atom. The SMILES string of the molecule is COc1ccc(C(O)CNCC2CCCN(C)C2)cc1.